The van der Waals surface area contributed by atoms with Gasteiger partial charge in [0, 0.05) is 24.3 Å². The number of imidazole rings is 1. The van der Waals surface area contributed by atoms with Crippen molar-refractivity contribution in [3.8, 4) is 0 Å². The summed E-state index contributed by atoms with van der Waals surface area (Å²) in [6.45, 7) is 0. The summed E-state index contributed by atoms with van der Waals surface area (Å²) in [4.78, 5) is 16.9. The van der Waals surface area contributed by atoms with E-state index in [0.717, 1.165) is 10.7 Å². The Morgan fingerprint density at radius 1 is 1.69 bits per heavy atom. The molecule has 0 fully saturated rings. The van der Waals surface area contributed by atoms with Crippen LogP contribution in [0.15, 0.2) is 29.9 Å². The Morgan fingerprint density at radius 2 is 2.50 bits per heavy atom. The number of hydrogen-bond acceptors (Lipinski definition) is 4. The lowest BCUT2D eigenvalue weighted by atomic mass is 10.1. The van der Waals surface area contributed by atoms with E-state index in [1.54, 1.807) is 6.20 Å². The first-order chi connectivity index (χ1) is 7.68. The smallest absolute Gasteiger partial charge is 0.162 e. The number of carbonyl (C=O) groups excluding carboxylic acids is 1. The van der Waals surface area contributed by atoms with Crippen LogP contribution >= 0.6 is 11.3 Å². The highest BCUT2D eigenvalue weighted by atomic mass is 32.1. The summed E-state index contributed by atoms with van der Waals surface area (Å²) in [5.74, 6) is 0.744. The van der Waals surface area contributed by atoms with Crippen LogP contribution in [0.5, 0.6) is 0 Å². The molecule has 84 valence electrons. The lowest BCUT2D eigenvalue weighted by molar-refractivity contribution is -0.119. The topological polar surface area (TPSA) is 60.9 Å². The van der Waals surface area contributed by atoms with Crippen LogP contribution in [0.4, 0.5) is 0 Å². The molecule has 2 N–H and O–H groups in total. The summed E-state index contributed by atoms with van der Waals surface area (Å²) in [6, 6.07) is 3.25. The standard InChI is InChI=1S/C11H13N3OS/c1-14-5-4-13-10(14)7-8(15)11(12)9-3-2-6-16-9/h2-6,11H,7,12H2,1H3. The van der Waals surface area contributed by atoms with Gasteiger partial charge in [0.15, 0.2) is 5.78 Å². The molecule has 1 atom stereocenters. The molecular weight excluding hydrogens is 222 g/mol. The first-order valence-electron chi connectivity index (χ1n) is 4.96. The Labute approximate surface area is 97.7 Å². The number of rotatable bonds is 4. The Balaban J connectivity index is 2.07. The van der Waals surface area contributed by atoms with E-state index in [0.29, 0.717) is 0 Å². The number of nitrogens with zero attached hydrogens (tertiary/aromatic N) is 2. The van der Waals surface area contributed by atoms with Gasteiger partial charge in [-0.1, -0.05) is 6.07 Å². The first-order valence-corrected chi connectivity index (χ1v) is 5.84. The van der Waals surface area contributed by atoms with Crippen molar-refractivity contribution in [2.24, 2.45) is 12.8 Å². The summed E-state index contributed by atoms with van der Waals surface area (Å²) in [7, 11) is 1.87. The van der Waals surface area contributed by atoms with Gasteiger partial charge in [-0.05, 0) is 11.4 Å². The fraction of sp³-hybridized carbons (Fsp3) is 0.273. The van der Waals surface area contributed by atoms with Gasteiger partial charge < -0.3 is 10.3 Å². The Hall–Kier alpha value is -1.46. The maximum Gasteiger partial charge on any atom is 0.162 e. The quantitative estimate of drug-likeness (QED) is 0.868. The predicted octanol–water partition coefficient (Wildman–Crippen LogP) is 1.29. The molecule has 1 unspecified atom stereocenters. The molecule has 0 saturated carbocycles. The van der Waals surface area contributed by atoms with Crippen molar-refractivity contribution in [1.82, 2.24) is 9.55 Å². The zero-order chi connectivity index (χ0) is 11.5. The van der Waals surface area contributed by atoms with Gasteiger partial charge in [0.2, 0.25) is 0 Å². The van der Waals surface area contributed by atoms with E-state index in [1.165, 1.54) is 11.3 Å². The number of aryl methyl sites for hydroxylation is 1. The van der Waals surface area contributed by atoms with E-state index in [2.05, 4.69) is 4.98 Å². The molecule has 0 saturated heterocycles. The van der Waals surface area contributed by atoms with Gasteiger partial charge in [0.05, 0.1) is 12.5 Å². The lowest BCUT2D eigenvalue weighted by Crippen LogP contribution is -2.23. The van der Waals surface area contributed by atoms with Crippen LogP contribution < -0.4 is 5.73 Å². The fourth-order valence-corrected chi connectivity index (χ4v) is 2.21. The molecule has 2 aromatic heterocycles. The predicted molar refractivity (Wildman–Crippen MR) is 63.2 cm³/mol. The molecule has 0 spiro atoms. The van der Waals surface area contributed by atoms with Crippen LogP contribution in [0, 0.1) is 0 Å². The number of aromatic nitrogens is 2. The first kappa shape index (κ1) is 11.0. The van der Waals surface area contributed by atoms with Gasteiger partial charge in [0.1, 0.15) is 5.82 Å². The van der Waals surface area contributed by atoms with E-state index in [4.69, 9.17) is 5.73 Å². The fourth-order valence-electron chi connectivity index (χ4n) is 1.46. The van der Waals surface area contributed by atoms with Crippen molar-refractivity contribution in [3.63, 3.8) is 0 Å². The van der Waals surface area contributed by atoms with E-state index >= 15 is 0 Å². The maximum absolute atomic E-state index is 11.9. The van der Waals surface area contributed by atoms with Crippen molar-refractivity contribution < 1.29 is 4.79 Å². The molecule has 0 aliphatic heterocycles. The van der Waals surface area contributed by atoms with Crippen LogP contribution in [-0.2, 0) is 18.3 Å². The normalized spacial score (nSPS) is 12.6. The number of Topliss-reactive ketones (excluding diaryl/α,β-unsaturated/α-hetero) is 1. The Morgan fingerprint density at radius 3 is 3.06 bits per heavy atom. The lowest BCUT2D eigenvalue weighted by Gasteiger charge is -2.08. The van der Waals surface area contributed by atoms with Gasteiger partial charge in [0.25, 0.3) is 0 Å². The molecular formula is C11H13N3OS. The average molecular weight is 235 g/mol. The molecule has 2 aromatic rings. The van der Waals surface area contributed by atoms with Gasteiger partial charge in [-0.25, -0.2) is 4.98 Å². The third-order valence-corrected chi connectivity index (χ3v) is 3.41. The Kier molecular flexibility index (Phi) is 3.17. The van der Waals surface area contributed by atoms with Crippen molar-refractivity contribution in [1.29, 1.82) is 0 Å². The van der Waals surface area contributed by atoms with Crippen LogP contribution in [0.1, 0.15) is 16.7 Å². The second-order valence-electron chi connectivity index (χ2n) is 3.59. The van der Waals surface area contributed by atoms with Crippen LogP contribution in [0.2, 0.25) is 0 Å². The minimum absolute atomic E-state index is 0.00301. The number of ketones is 1. The molecule has 5 heteroatoms. The zero-order valence-corrected chi connectivity index (χ0v) is 9.78. The largest absolute Gasteiger partial charge is 0.338 e. The summed E-state index contributed by atoms with van der Waals surface area (Å²) in [5, 5.41) is 1.92. The second kappa shape index (κ2) is 4.59. The molecule has 0 aromatic carbocycles. The van der Waals surface area contributed by atoms with E-state index < -0.39 is 6.04 Å². The second-order valence-corrected chi connectivity index (χ2v) is 4.57. The SMILES string of the molecule is Cn1ccnc1CC(=O)C(N)c1cccs1. The van der Waals surface area contributed by atoms with Crippen molar-refractivity contribution in [2.45, 2.75) is 12.5 Å². The van der Waals surface area contributed by atoms with Crippen molar-refractivity contribution in [2.75, 3.05) is 0 Å². The van der Waals surface area contributed by atoms with Gasteiger partial charge >= 0.3 is 0 Å². The molecule has 2 heterocycles. The van der Waals surface area contributed by atoms with Crippen molar-refractivity contribution in [3.05, 3.63) is 40.6 Å². The number of thiophene rings is 1. The van der Waals surface area contributed by atoms with Crippen LogP contribution in [0.3, 0.4) is 0 Å². The molecule has 0 aliphatic rings. The van der Waals surface area contributed by atoms with E-state index in [9.17, 15) is 4.79 Å². The van der Waals surface area contributed by atoms with E-state index in [-0.39, 0.29) is 12.2 Å². The van der Waals surface area contributed by atoms with Crippen molar-refractivity contribution >= 4 is 17.1 Å². The minimum atomic E-state index is -0.531. The average Bonchev–Trinajstić information content (AvgIpc) is 2.89. The third kappa shape index (κ3) is 2.20. The number of hydrogen-bond donors (Lipinski definition) is 1. The van der Waals surface area contributed by atoms with Gasteiger partial charge in [-0.2, -0.15) is 0 Å². The molecule has 0 bridgehead atoms. The summed E-state index contributed by atoms with van der Waals surface area (Å²) < 4.78 is 1.83. The highest BCUT2D eigenvalue weighted by Crippen LogP contribution is 2.18. The molecule has 0 radical (unpaired) electrons. The Bertz CT molecular complexity index is 475. The van der Waals surface area contributed by atoms with Gasteiger partial charge in [-0.3, -0.25) is 4.79 Å². The minimum Gasteiger partial charge on any atom is -0.338 e. The molecule has 2 rings (SSSR count). The molecule has 0 aliphatic carbocycles. The third-order valence-electron chi connectivity index (χ3n) is 2.45. The number of nitrogens with two attached hydrogens (primary N) is 1. The van der Waals surface area contributed by atoms with Gasteiger partial charge in [-0.15, -0.1) is 11.3 Å². The maximum atomic E-state index is 11.9. The molecule has 4 nitrogen and oxygen atoms in total. The highest BCUT2D eigenvalue weighted by molar-refractivity contribution is 7.10. The van der Waals surface area contributed by atoms with E-state index in [1.807, 2.05) is 35.3 Å². The number of carbonyl (C=O) groups is 1. The monoisotopic (exact) mass is 235 g/mol. The summed E-state index contributed by atoms with van der Waals surface area (Å²) >= 11 is 1.50. The highest BCUT2D eigenvalue weighted by Gasteiger charge is 2.18. The molecule has 16 heavy (non-hydrogen) atoms. The summed E-state index contributed by atoms with van der Waals surface area (Å²) in [6.07, 6.45) is 3.78. The van der Waals surface area contributed by atoms with Crippen LogP contribution in [-0.4, -0.2) is 15.3 Å². The zero-order valence-electron chi connectivity index (χ0n) is 8.96. The summed E-state index contributed by atoms with van der Waals surface area (Å²) in [5.41, 5.74) is 5.87. The van der Waals surface area contributed by atoms with Crippen LogP contribution in [0.25, 0.3) is 0 Å². The molecule has 0 amide bonds.